The summed E-state index contributed by atoms with van der Waals surface area (Å²) in [4.78, 5) is 9.67. The fraction of sp³-hybridized carbons (Fsp3) is 0.364. The molecular weight excluding hydrogens is 357 g/mol. The lowest BCUT2D eigenvalue weighted by Gasteiger charge is -2.10. The molecule has 9 heteroatoms. The molecule has 0 saturated heterocycles. The first-order valence-electron chi connectivity index (χ1n) is 5.58. The summed E-state index contributed by atoms with van der Waals surface area (Å²) in [6.45, 7) is 0.194. The van der Waals surface area contributed by atoms with E-state index >= 15 is 0 Å². The zero-order chi connectivity index (χ0) is 15.3. The first kappa shape index (κ1) is 16.9. The molecule has 0 atom stereocenters. The van der Waals surface area contributed by atoms with Crippen LogP contribution in [-0.2, 0) is 14.8 Å². The largest absolute Gasteiger partial charge is 0.492 e. The van der Waals surface area contributed by atoms with E-state index in [1.165, 1.54) is 0 Å². The van der Waals surface area contributed by atoms with E-state index in [2.05, 4.69) is 15.9 Å². The lowest BCUT2D eigenvalue weighted by molar-refractivity contribution is -0.137. The monoisotopic (exact) mass is 369 g/mol. The van der Waals surface area contributed by atoms with Gasteiger partial charge in [0.1, 0.15) is 16.5 Å². The number of unbranched alkanes of at least 4 members (excludes halogenated alkanes) is 1. The van der Waals surface area contributed by atoms with Crippen LogP contribution in [0, 0.1) is 5.82 Å². The molecule has 0 aromatic heterocycles. The van der Waals surface area contributed by atoms with Crippen molar-refractivity contribution in [1.82, 2.24) is 0 Å². The van der Waals surface area contributed by atoms with Crippen LogP contribution in [-0.4, -0.2) is 26.1 Å². The maximum atomic E-state index is 13.6. The Morgan fingerprint density at radius 3 is 2.60 bits per heavy atom. The molecule has 0 spiro atoms. The van der Waals surface area contributed by atoms with Crippen molar-refractivity contribution in [3.8, 4) is 5.75 Å². The zero-order valence-corrected chi connectivity index (χ0v) is 12.7. The number of rotatable bonds is 7. The molecule has 0 fully saturated rings. The Morgan fingerprint density at radius 1 is 1.40 bits per heavy atom. The topological polar surface area (TPSA) is 107 Å². The first-order valence-corrected chi connectivity index (χ1v) is 7.92. The summed E-state index contributed by atoms with van der Waals surface area (Å²) in [7, 11) is -4.14. The fourth-order valence-corrected chi connectivity index (χ4v) is 2.62. The molecule has 0 amide bonds. The SMILES string of the molecule is NS(=O)(=O)c1cc(Br)c(OCCCCC(=O)O)cc1F. The van der Waals surface area contributed by atoms with Crippen LogP contribution in [0.4, 0.5) is 4.39 Å². The third-order valence-electron chi connectivity index (χ3n) is 2.34. The van der Waals surface area contributed by atoms with Gasteiger partial charge in [-0.2, -0.15) is 0 Å². The molecule has 0 aliphatic heterocycles. The summed E-state index contributed by atoms with van der Waals surface area (Å²) in [5.41, 5.74) is 0. The van der Waals surface area contributed by atoms with Crippen molar-refractivity contribution in [3.63, 3.8) is 0 Å². The Bertz CT molecular complexity index is 605. The second-order valence-corrected chi connectivity index (χ2v) is 6.34. The molecule has 1 aromatic rings. The van der Waals surface area contributed by atoms with Crippen LogP contribution in [0.3, 0.4) is 0 Å². The van der Waals surface area contributed by atoms with Crippen LogP contribution in [0.2, 0.25) is 0 Å². The molecule has 1 aromatic carbocycles. The molecular formula is C11H13BrFNO5S. The highest BCUT2D eigenvalue weighted by Crippen LogP contribution is 2.30. The van der Waals surface area contributed by atoms with Gasteiger partial charge in [-0.3, -0.25) is 4.79 Å². The summed E-state index contributed by atoms with van der Waals surface area (Å²) in [5, 5.41) is 13.3. The molecule has 112 valence electrons. The van der Waals surface area contributed by atoms with E-state index in [4.69, 9.17) is 15.0 Å². The normalized spacial score (nSPS) is 11.3. The van der Waals surface area contributed by atoms with E-state index in [1.54, 1.807) is 0 Å². The van der Waals surface area contributed by atoms with E-state index in [0.717, 1.165) is 12.1 Å². The van der Waals surface area contributed by atoms with Gasteiger partial charge in [0.05, 0.1) is 11.1 Å². The summed E-state index contributed by atoms with van der Waals surface area (Å²) < 4.78 is 41.3. The van der Waals surface area contributed by atoms with E-state index in [-0.39, 0.29) is 23.2 Å². The minimum absolute atomic E-state index is 0.0310. The number of primary sulfonamides is 1. The Labute approximate surface area is 123 Å². The summed E-state index contributed by atoms with van der Waals surface area (Å²) in [6.07, 6.45) is 0.950. The van der Waals surface area contributed by atoms with Crippen LogP contribution in [0.5, 0.6) is 5.75 Å². The van der Waals surface area contributed by atoms with Crippen molar-refractivity contribution in [2.75, 3.05) is 6.61 Å². The average Bonchev–Trinajstić information content (AvgIpc) is 2.30. The summed E-state index contributed by atoms with van der Waals surface area (Å²) >= 11 is 3.06. The van der Waals surface area contributed by atoms with Gasteiger partial charge >= 0.3 is 5.97 Å². The lowest BCUT2D eigenvalue weighted by Crippen LogP contribution is -2.14. The van der Waals surface area contributed by atoms with E-state index in [1.807, 2.05) is 0 Å². The molecule has 1 rings (SSSR count). The van der Waals surface area contributed by atoms with E-state index in [9.17, 15) is 17.6 Å². The number of carboxylic acids is 1. The van der Waals surface area contributed by atoms with Gasteiger partial charge in [-0.1, -0.05) is 0 Å². The van der Waals surface area contributed by atoms with Crippen LogP contribution < -0.4 is 9.88 Å². The first-order chi connectivity index (χ1) is 9.21. The quantitative estimate of drug-likeness (QED) is 0.713. The maximum absolute atomic E-state index is 13.6. The third-order valence-corrected chi connectivity index (χ3v) is 3.88. The number of hydrogen-bond acceptors (Lipinski definition) is 4. The van der Waals surface area contributed by atoms with Gasteiger partial charge in [0.15, 0.2) is 0 Å². The highest BCUT2D eigenvalue weighted by molar-refractivity contribution is 9.10. The number of nitrogens with two attached hydrogens (primary N) is 1. The van der Waals surface area contributed by atoms with Gasteiger partial charge in [-0.15, -0.1) is 0 Å². The summed E-state index contributed by atoms with van der Waals surface area (Å²) in [6, 6.07) is 1.94. The van der Waals surface area contributed by atoms with Crippen LogP contribution in [0.25, 0.3) is 0 Å². The number of benzene rings is 1. The van der Waals surface area contributed by atoms with Gasteiger partial charge in [-0.25, -0.2) is 17.9 Å². The number of ether oxygens (including phenoxy) is 1. The maximum Gasteiger partial charge on any atom is 0.303 e. The number of halogens is 2. The molecule has 0 saturated carbocycles. The van der Waals surface area contributed by atoms with Crippen LogP contribution in [0.15, 0.2) is 21.5 Å². The Balaban J connectivity index is 2.69. The van der Waals surface area contributed by atoms with Crippen molar-refractivity contribution >= 4 is 31.9 Å². The highest BCUT2D eigenvalue weighted by atomic mass is 79.9. The predicted molar refractivity (Wildman–Crippen MR) is 72.5 cm³/mol. The summed E-state index contributed by atoms with van der Waals surface area (Å²) in [5.74, 6) is -1.77. The number of carbonyl (C=O) groups is 1. The van der Waals surface area contributed by atoms with Gasteiger partial charge in [0.2, 0.25) is 10.0 Å². The molecule has 0 heterocycles. The Kier molecular flexibility index (Phi) is 5.90. The molecule has 0 bridgehead atoms. The van der Waals surface area contributed by atoms with Gasteiger partial charge < -0.3 is 9.84 Å². The van der Waals surface area contributed by atoms with E-state index in [0.29, 0.717) is 12.8 Å². The molecule has 0 aliphatic carbocycles. The van der Waals surface area contributed by atoms with Crippen molar-refractivity contribution < 1.29 is 27.4 Å². The zero-order valence-electron chi connectivity index (χ0n) is 10.3. The van der Waals surface area contributed by atoms with Gasteiger partial charge in [0, 0.05) is 12.5 Å². The fourth-order valence-electron chi connectivity index (χ4n) is 1.40. The average molecular weight is 370 g/mol. The number of hydrogen-bond donors (Lipinski definition) is 2. The number of aliphatic carboxylic acids is 1. The minimum atomic E-state index is -4.14. The Morgan fingerprint density at radius 2 is 2.05 bits per heavy atom. The van der Waals surface area contributed by atoms with Gasteiger partial charge in [0.25, 0.3) is 0 Å². The highest BCUT2D eigenvalue weighted by Gasteiger charge is 2.17. The van der Waals surface area contributed by atoms with Crippen molar-refractivity contribution in [1.29, 1.82) is 0 Å². The molecule has 6 nitrogen and oxygen atoms in total. The van der Waals surface area contributed by atoms with Crippen molar-refractivity contribution in [2.45, 2.75) is 24.2 Å². The predicted octanol–water partition coefficient (Wildman–Crippen LogP) is 1.87. The van der Waals surface area contributed by atoms with Crippen molar-refractivity contribution in [2.24, 2.45) is 5.14 Å². The smallest absolute Gasteiger partial charge is 0.303 e. The number of carboxylic acid groups (broad SMARTS) is 1. The molecule has 3 N–H and O–H groups in total. The van der Waals surface area contributed by atoms with E-state index < -0.39 is 26.7 Å². The second kappa shape index (κ2) is 7.00. The standard InChI is InChI=1S/C11H13BrFNO5S/c12-7-5-10(20(14,17)18)8(13)6-9(7)19-4-2-1-3-11(15)16/h5-6H,1-4H2,(H,15,16)(H2,14,17,18). The molecule has 0 radical (unpaired) electrons. The molecule has 0 aliphatic rings. The molecule has 0 unspecified atom stereocenters. The number of sulfonamides is 1. The minimum Gasteiger partial charge on any atom is -0.492 e. The lowest BCUT2D eigenvalue weighted by atomic mass is 10.2. The van der Waals surface area contributed by atoms with Crippen LogP contribution in [0.1, 0.15) is 19.3 Å². The van der Waals surface area contributed by atoms with Gasteiger partial charge in [-0.05, 0) is 34.8 Å². The Hall–Kier alpha value is -1.19. The van der Waals surface area contributed by atoms with Crippen molar-refractivity contribution in [3.05, 3.63) is 22.4 Å². The van der Waals surface area contributed by atoms with Crippen LogP contribution >= 0.6 is 15.9 Å². The second-order valence-electron chi connectivity index (χ2n) is 3.96. The third kappa shape index (κ3) is 5.06. The molecule has 20 heavy (non-hydrogen) atoms.